The topological polar surface area (TPSA) is 67.6 Å². The van der Waals surface area contributed by atoms with E-state index < -0.39 is 0 Å². The first-order valence-electron chi connectivity index (χ1n) is 7.18. The van der Waals surface area contributed by atoms with Crippen molar-refractivity contribution in [3.8, 4) is 5.75 Å². The monoisotopic (exact) mass is 277 g/mol. The van der Waals surface area contributed by atoms with Gasteiger partial charge in [0, 0.05) is 30.9 Å². The first kappa shape index (κ1) is 14.8. The fourth-order valence-corrected chi connectivity index (χ4v) is 2.34. The van der Waals surface area contributed by atoms with Gasteiger partial charge in [0.25, 0.3) is 0 Å². The van der Waals surface area contributed by atoms with Gasteiger partial charge in [0.05, 0.1) is 13.2 Å². The molecule has 0 aliphatic carbocycles. The normalized spacial score (nSPS) is 16.9. The van der Waals surface area contributed by atoms with Gasteiger partial charge in [-0.15, -0.1) is 0 Å². The minimum Gasteiger partial charge on any atom is -0.494 e. The Morgan fingerprint density at radius 1 is 1.45 bits per heavy atom. The summed E-state index contributed by atoms with van der Waals surface area (Å²) in [5, 5.41) is 2.91. The second-order valence-electron chi connectivity index (χ2n) is 5.12. The Morgan fingerprint density at radius 2 is 2.20 bits per heavy atom. The van der Waals surface area contributed by atoms with E-state index in [1.54, 1.807) is 0 Å². The fourth-order valence-electron chi connectivity index (χ4n) is 2.34. The number of hydrogen-bond donors (Lipinski definition) is 2. The van der Waals surface area contributed by atoms with E-state index in [-0.39, 0.29) is 11.9 Å². The molecule has 5 heteroatoms. The predicted octanol–water partition coefficient (Wildman–Crippen LogP) is 1.45. The number of likely N-dealkylation sites (tertiary alicyclic amines) is 1. The minimum absolute atomic E-state index is 0.00844. The molecular formula is C15H23N3O2. The van der Waals surface area contributed by atoms with Gasteiger partial charge in [-0.2, -0.15) is 0 Å². The first-order chi connectivity index (χ1) is 9.67. The van der Waals surface area contributed by atoms with Crippen LogP contribution in [0.1, 0.15) is 19.8 Å². The Kier molecular flexibility index (Phi) is 5.38. The van der Waals surface area contributed by atoms with Gasteiger partial charge in [0.2, 0.25) is 5.91 Å². The highest BCUT2D eigenvalue weighted by Crippen LogP contribution is 2.17. The molecule has 3 N–H and O–H groups in total. The van der Waals surface area contributed by atoms with Crippen LogP contribution < -0.4 is 15.8 Å². The Bertz CT molecular complexity index is 442. The zero-order valence-electron chi connectivity index (χ0n) is 12.0. The van der Waals surface area contributed by atoms with Gasteiger partial charge < -0.3 is 15.8 Å². The van der Waals surface area contributed by atoms with Crippen LogP contribution in [0.5, 0.6) is 5.75 Å². The molecule has 1 amide bonds. The largest absolute Gasteiger partial charge is 0.494 e. The van der Waals surface area contributed by atoms with Crippen molar-refractivity contribution in [2.75, 3.05) is 31.6 Å². The summed E-state index contributed by atoms with van der Waals surface area (Å²) in [5.74, 6) is 0.781. The maximum absolute atomic E-state index is 12.0. The zero-order valence-corrected chi connectivity index (χ0v) is 12.0. The average molecular weight is 277 g/mol. The molecule has 1 aliphatic heterocycles. The molecular weight excluding hydrogens is 254 g/mol. The van der Waals surface area contributed by atoms with Crippen LogP contribution in [0.15, 0.2) is 24.3 Å². The van der Waals surface area contributed by atoms with Crippen LogP contribution in [-0.2, 0) is 4.79 Å². The SMILES string of the molecule is CCOc1cccc(NC(=O)CN2CCC(N)CC2)c1. The van der Waals surface area contributed by atoms with Crippen LogP contribution in [-0.4, -0.2) is 43.1 Å². The van der Waals surface area contributed by atoms with Gasteiger partial charge in [-0.1, -0.05) is 6.07 Å². The highest BCUT2D eigenvalue weighted by Gasteiger charge is 2.18. The number of hydrogen-bond acceptors (Lipinski definition) is 4. The van der Waals surface area contributed by atoms with Crippen LogP contribution in [0.3, 0.4) is 0 Å². The number of nitrogens with two attached hydrogens (primary N) is 1. The van der Waals surface area contributed by atoms with E-state index in [1.807, 2.05) is 31.2 Å². The van der Waals surface area contributed by atoms with Gasteiger partial charge in [0.1, 0.15) is 5.75 Å². The van der Waals surface area contributed by atoms with Gasteiger partial charge >= 0.3 is 0 Å². The molecule has 1 aromatic carbocycles. The molecule has 1 heterocycles. The molecule has 0 radical (unpaired) electrons. The lowest BCUT2D eigenvalue weighted by Crippen LogP contribution is -2.43. The van der Waals surface area contributed by atoms with E-state index in [9.17, 15) is 4.79 Å². The summed E-state index contributed by atoms with van der Waals surface area (Å²) in [4.78, 5) is 14.2. The van der Waals surface area contributed by atoms with Gasteiger partial charge in [-0.05, 0) is 31.9 Å². The number of nitrogens with zero attached hydrogens (tertiary/aromatic N) is 1. The van der Waals surface area contributed by atoms with Crippen molar-refractivity contribution in [3.63, 3.8) is 0 Å². The molecule has 0 aromatic heterocycles. The third-order valence-corrected chi connectivity index (χ3v) is 3.43. The molecule has 20 heavy (non-hydrogen) atoms. The van der Waals surface area contributed by atoms with E-state index in [1.165, 1.54) is 0 Å². The van der Waals surface area contributed by atoms with Crippen molar-refractivity contribution in [2.45, 2.75) is 25.8 Å². The molecule has 5 nitrogen and oxygen atoms in total. The molecule has 1 aliphatic rings. The number of piperidine rings is 1. The standard InChI is InChI=1S/C15H23N3O2/c1-2-20-14-5-3-4-13(10-14)17-15(19)11-18-8-6-12(16)7-9-18/h3-5,10,12H,2,6-9,11,16H2,1H3,(H,17,19). The van der Waals surface area contributed by atoms with E-state index in [4.69, 9.17) is 10.5 Å². The van der Waals surface area contributed by atoms with E-state index in [0.717, 1.165) is 37.4 Å². The molecule has 0 saturated carbocycles. The second kappa shape index (κ2) is 7.26. The first-order valence-corrected chi connectivity index (χ1v) is 7.18. The number of amides is 1. The van der Waals surface area contributed by atoms with Crippen molar-refractivity contribution >= 4 is 11.6 Å². The molecule has 1 aromatic rings. The summed E-state index contributed by atoms with van der Waals surface area (Å²) in [7, 11) is 0. The number of nitrogens with one attached hydrogen (secondary N) is 1. The van der Waals surface area contributed by atoms with Crippen LogP contribution in [0, 0.1) is 0 Å². The summed E-state index contributed by atoms with van der Waals surface area (Å²) < 4.78 is 5.41. The molecule has 2 rings (SSSR count). The quantitative estimate of drug-likeness (QED) is 0.855. The molecule has 0 atom stereocenters. The van der Waals surface area contributed by atoms with Crippen molar-refractivity contribution in [1.29, 1.82) is 0 Å². The van der Waals surface area contributed by atoms with Crippen molar-refractivity contribution in [3.05, 3.63) is 24.3 Å². The maximum atomic E-state index is 12.0. The molecule has 110 valence electrons. The zero-order chi connectivity index (χ0) is 14.4. The number of ether oxygens (including phenoxy) is 1. The highest BCUT2D eigenvalue weighted by atomic mass is 16.5. The Labute approximate surface area is 120 Å². The number of carbonyl (C=O) groups is 1. The number of rotatable bonds is 5. The second-order valence-corrected chi connectivity index (χ2v) is 5.12. The van der Waals surface area contributed by atoms with E-state index in [2.05, 4.69) is 10.2 Å². The van der Waals surface area contributed by atoms with E-state index >= 15 is 0 Å². The van der Waals surface area contributed by atoms with Crippen LogP contribution in [0.2, 0.25) is 0 Å². The van der Waals surface area contributed by atoms with Gasteiger partial charge in [-0.3, -0.25) is 9.69 Å². The molecule has 1 fully saturated rings. The molecule has 0 unspecified atom stereocenters. The third-order valence-electron chi connectivity index (χ3n) is 3.43. The Balaban J connectivity index is 1.83. The van der Waals surface area contributed by atoms with Crippen molar-refractivity contribution in [2.24, 2.45) is 5.73 Å². The maximum Gasteiger partial charge on any atom is 0.238 e. The van der Waals surface area contributed by atoms with Crippen LogP contribution >= 0.6 is 0 Å². The average Bonchev–Trinajstić information content (AvgIpc) is 2.42. The Morgan fingerprint density at radius 3 is 2.90 bits per heavy atom. The summed E-state index contributed by atoms with van der Waals surface area (Å²) in [5.41, 5.74) is 6.63. The number of carbonyl (C=O) groups excluding carboxylic acids is 1. The molecule has 0 spiro atoms. The molecule has 1 saturated heterocycles. The van der Waals surface area contributed by atoms with Crippen molar-refractivity contribution < 1.29 is 9.53 Å². The fraction of sp³-hybridized carbons (Fsp3) is 0.533. The number of benzene rings is 1. The molecule has 0 bridgehead atoms. The minimum atomic E-state index is 0.00844. The van der Waals surface area contributed by atoms with Crippen LogP contribution in [0.25, 0.3) is 0 Å². The van der Waals surface area contributed by atoms with Crippen LogP contribution in [0.4, 0.5) is 5.69 Å². The summed E-state index contributed by atoms with van der Waals surface area (Å²) in [6.45, 7) is 4.77. The predicted molar refractivity (Wildman–Crippen MR) is 79.9 cm³/mol. The lowest BCUT2D eigenvalue weighted by atomic mass is 10.1. The summed E-state index contributed by atoms with van der Waals surface area (Å²) in [6, 6.07) is 7.75. The highest BCUT2D eigenvalue weighted by molar-refractivity contribution is 5.92. The van der Waals surface area contributed by atoms with Crippen molar-refractivity contribution in [1.82, 2.24) is 4.90 Å². The lowest BCUT2D eigenvalue weighted by molar-refractivity contribution is -0.117. The number of anilines is 1. The summed E-state index contributed by atoms with van der Waals surface area (Å²) >= 11 is 0. The summed E-state index contributed by atoms with van der Waals surface area (Å²) in [6.07, 6.45) is 1.93. The smallest absolute Gasteiger partial charge is 0.238 e. The Hall–Kier alpha value is -1.59. The lowest BCUT2D eigenvalue weighted by Gasteiger charge is -2.29. The van der Waals surface area contributed by atoms with Gasteiger partial charge in [0.15, 0.2) is 0 Å². The van der Waals surface area contributed by atoms with E-state index in [0.29, 0.717) is 13.2 Å². The van der Waals surface area contributed by atoms with Gasteiger partial charge in [-0.25, -0.2) is 0 Å². The third kappa shape index (κ3) is 4.51.